The Balaban J connectivity index is 2.25. The van der Waals surface area contributed by atoms with Crippen molar-refractivity contribution in [3.63, 3.8) is 0 Å². The zero-order valence-corrected chi connectivity index (χ0v) is 22.6. The van der Waals surface area contributed by atoms with Gasteiger partial charge in [0.2, 0.25) is 0 Å². The maximum Gasteiger partial charge on any atom is 0.257 e. The highest BCUT2D eigenvalue weighted by Crippen LogP contribution is 2.26. The molecule has 32 heavy (non-hydrogen) atoms. The molecule has 0 bridgehead atoms. The van der Waals surface area contributed by atoms with E-state index in [1.807, 2.05) is 0 Å². The summed E-state index contributed by atoms with van der Waals surface area (Å²) in [5.41, 5.74) is 0. The molecule has 0 aromatic carbocycles. The van der Waals surface area contributed by atoms with Gasteiger partial charge in [-0.05, 0) is 32.6 Å². The summed E-state index contributed by atoms with van der Waals surface area (Å²) in [7, 11) is 0. The Morgan fingerprint density at radius 1 is 0.594 bits per heavy atom. The maximum absolute atomic E-state index is 3.65. The first-order valence-electron chi connectivity index (χ1n) is 14.8. The fourth-order valence-electron chi connectivity index (χ4n) is 5.18. The first kappa shape index (κ1) is 29.2. The number of nitrogens with zero attached hydrogens (tertiary/aromatic N) is 1. The van der Waals surface area contributed by atoms with Crippen LogP contribution in [0.5, 0.6) is 0 Å². The fraction of sp³-hybridized carbons (Fsp3) is 0.900. The molecule has 0 fully saturated rings. The molecule has 0 aliphatic heterocycles. The zero-order chi connectivity index (χ0) is 23.3. The van der Waals surface area contributed by atoms with Crippen LogP contribution in [0.3, 0.4) is 0 Å². The highest BCUT2D eigenvalue weighted by atomic mass is 15.1. The molecule has 0 saturated heterocycles. The highest BCUT2D eigenvalue weighted by Gasteiger charge is 2.25. The van der Waals surface area contributed by atoms with Crippen molar-refractivity contribution in [1.82, 2.24) is 4.98 Å². The van der Waals surface area contributed by atoms with Gasteiger partial charge >= 0.3 is 0 Å². The van der Waals surface area contributed by atoms with Crippen LogP contribution in [0.1, 0.15) is 180 Å². The van der Waals surface area contributed by atoms with Crippen LogP contribution in [-0.2, 0) is 0 Å². The van der Waals surface area contributed by atoms with Crippen LogP contribution in [0.2, 0.25) is 0 Å². The minimum absolute atomic E-state index is 0.624. The van der Waals surface area contributed by atoms with Gasteiger partial charge in [0.25, 0.3) is 5.82 Å². The molecule has 2 atom stereocenters. The molecule has 2 nitrogen and oxygen atoms in total. The highest BCUT2D eigenvalue weighted by molar-refractivity contribution is 4.90. The van der Waals surface area contributed by atoms with Crippen LogP contribution < -0.4 is 4.57 Å². The van der Waals surface area contributed by atoms with Gasteiger partial charge in [-0.2, -0.15) is 0 Å². The molecule has 0 aliphatic rings. The fourth-order valence-corrected chi connectivity index (χ4v) is 5.18. The summed E-state index contributed by atoms with van der Waals surface area (Å²) < 4.78 is 2.57. The summed E-state index contributed by atoms with van der Waals surface area (Å²) >= 11 is 0. The topological polar surface area (TPSA) is 19.7 Å². The Morgan fingerprint density at radius 3 is 1.59 bits per heavy atom. The average molecular weight is 448 g/mol. The van der Waals surface area contributed by atoms with Gasteiger partial charge in [-0.3, -0.25) is 0 Å². The van der Waals surface area contributed by atoms with Gasteiger partial charge in [-0.1, -0.05) is 130 Å². The molecule has 2 unspecified atom stereocenters. The molecule has 1 heterocycles. The average Bonchev–Trinajstić information content (AvgIpc) is 3.29. The van der Waals surface area contributed by atoms with E-state index in [9.17, 15) is 0 Å². The minimum Gasteiger partial charge on any atom is -0.247 e. The summed E-state index contributed by atoms with van der Waals surface area (Å²) in [5, 5.41) is 0. The molecule has 0 amide bonds. The smallest absolute Gasteiger partial charge is 0.247 e. The Hall–Kier alpha value is -0.790. The van der Waals surface area contributed by atoms with Gasteiger partial charge in [0.05, 0.1) is 12.0 Å². The molecule has 0 aliphatic carbocycles. The lowest BCUT2D eigenvalue weighted by Crippen LogP contribution is -2.41. The second-order valence-electron chi connectivity index (χ2n) is 10.5. The number of rotatable bonds is 23. The lowest BCUT2D eigenvalue weighted by Gasteiger charge is -2.17. The van der Waals surface area contributed by atoms with E-state index in [1.54, 1.807) is 0 Å². The lowest BCUT2D eigenvalue weighted by molar-refractivity contribution is -0.727. The van der Waals surface area contributed by atoms with Crippen LogP contribution in [0.4, 0.5) is 0 Å². The van der Waals surface area contributed by atoms with Crippen LogP contribution in [-0.4, -0.2) is 4.98 Å². The molecule has 188 valence electrons. The monoisotopic (exact) mass is 447 g/mol. The Kier molecular flexibility index (Phi) is 19.0. The zero-order valence-electron chi connectivity index (χ0n) is 22.6. The summed E-state index contributed by atoms with van der Waals surface area (Å²) in [6, 6.07) is 0.624. The summed E-state index contributed by atoms with van der Waals surface area (Å²) in [4.78, 5) is 3.65. The van der Waals surface area contributed by atoms with Gasteiger partial charge in [0.15, 0.2) is 0 Å². The first-order valence-corrected chi connectivity index (χ1v) is 14.8. The van der Waals surface area contributed by atoms with Crippen molar-refractivity contribution in [3.05, 3.63) is 18.2 Å². The van der Waals surface area contributed by atoms with Crippen molar-refractivity contribution in [2.75, 3.05) is 0 Å². The molecule has 0 spiro atoms. The van der Waals surface area contributed by atoms with Crippen LogP contribution >= 0.6 is 0 Å². The van der Waals surface area contributed by atoms with E-state index in [0.29, 0.717) is 12.0 Å². The van der Waals surface area contributed by atoms with Crippen molar-refractivity contribution in [3.8, 4) is 0 Å². The number of imidazole rings is 1. The van der Waals surface area contributed by atoms with E-state index in [-0.39, 0.29) is 0 Å². The van der Waals surface area contributed by atoms with Gasteiger partial charge in [-0.25, -0.2) is 9.55 Å². The van der Waals surface area contributed by atoms with Crippen molar-refractivity contribution in [2.45, 2.75) is 174 Å². The van der Waals surface area contributed by atoms with Crippen LogP contribution in [0.25, 0.3) is 0 Å². The lowest BCUT2D eigenvalue weighted by atomic mass is 9.93. The molecular formula is C30H59N2+. The Morgan fingerprint density at radius 2 is 1.03 bits per heavy atom. The predicted octanol–water partition coefficient (Wildman–Crippen LogP) is 10.2. The molecule has 0 saturated carbocycles. The number of aromatic nitrogens is 2. The number of aromatic amines is 1. The number of unbranched alkanes of at least 4 members (excludes halogenated alkanes) is 15. The quantitative estimate of drug-likeness (QED) is 0.127. The second-order valence-corrected chi connectivity index (χ2v) is 10.5. The molecule has 1 aromatic heterocycles. The third-order valence-electron chi connectivity index (χ3n) is 7.39. The Labute approximate surface area is 202 Å². The molecule has 0 radical (unpaired) electrons. The summed E-state index contributed by atoms with van der Waals surface area (Å²) in [6.07, 6.45) is 33.9. The van der Waals surface area contributed by atoms with Crippen LogP contribution in [0.15, 0.2) is 12.4 Å². The van der Waals surface area contributed by atoms with Crippen molar-refractivity contribution < 1.29 is 4.57 Å². The summed E-state index contributed by atoms with van der Waals surface area (Å²) in [5.74, 6) is 2.22. The third-order valence-corrected chi connectivity index (χ3v) is 7.39. The van der Waals surface area contributed by atoms with E-state index in [1.165, 1.54) is 141 Å². The normalized spacial score (nSPS) is 13.5. The van der Waals surface area contributed by atoms with Crippen molar-refractivity contribution >= 4 is 0 Å². The van der Waals surface area contributed by atoms with E-state index >= 15 is 0 Å². The predicted molar refractivity (Wildman–Crippen MR) is 142 cm³/mol. The third kappa shape index (κ3) is 13.7. The maximum atomic E-state index is 3.65. The van der Waals surface area contributed by atoms with E-state index < -0.39 is 0 Å². The van der Waals surface area contributed by atoms with Gasteiger partial charge in [0.1, 0.15) is 12.4 Å². The molecule has 1 aromatic rings. The molecular weight excluding hydrogens is 388 g/mol. The SMILES string of the molecule is CCCCCCCCCCCCCCCC(CCCC)c1[nH]cc[n+]1C(C)CCCCC. The molecule has 1 N–H and O–H groups in total. The molecule has 2 heteroatoms. The van der Waals surface area contributed by atoms with Crippen LogP contribution in [0, 0.1) is 0 Å². The van der Waals surface area contributed by atoms with Crippen molar-refractivity contribution in [1.29, 1.82) is 0 Å². The van der Waals surface area contributed by atoms with E-state index in [4.69, 9.17) is 0 Å². The second kappa shape index (κ2) is 20.8. The van der Waals surface area contributed by atoms with Gasteiger partial charge in [-0.15, -0.1) is 0 Å². The van der Waals surface area contributed by atoms with Gasteiger partial charge < -0.3 is 0 Å². The first-order chi connectivity index (χ1) is 15.7. The van der Waals surface area contributed by atoms with E-state index in [2.05, 4.69) is 49.6 Å². The summed E-state index contributed by atoms with van der Waals surface area (Å²) in [6.45, 7) is 9.35. The van der Waals surface area contributed by atoms with E-state index in [0.717, 1.165) is 0 Å². The Bertz CT molecular complexity index is 507. The number of hydrogen-bond donors (Lipinski definition) is 1. The molecule has 1 rings (SSSR count). The van der Waals surface area contributed by atoms with Gasteiger partial charge in [0, 0.05) is 0 Å². The number of H-pyrrole nitrogens is 1. The largest absolute Gasteiger partial charge is 0.257 e. The number of nitrogens with one attached hydrogen (secondary N) is 1. The standard InChI is InChI=1S/C30H58N2/c1-5-8-11-12-13-14-15-16-17-18-19-20-22-25-29(24-10-7-3)30-31-26-27-32(30)28(4)23-21-9-6-2/h26-29H,5-25H2,1-4H3/p+1. The van der Waals surface area contributed by atoms with Crippen molar-refractivity contribution in [2.24, 2.45) is 0 Å². The number of hydrogen-bond acceptors (Lipinski definition) is 0. The minimum atomic E-state index is 0.624.